The van der Waals surface area contributed by atoms with Gasteiger partial charge in [0.1, 0.15) is 5.82 Å². The molecule has 0 spiro atoms. The maximum absolute atomic E-state index is 6.27. The van der Waals surface area contributed by atoms with Gasteiger partial charge in [0.15, 0.2) is 0 Å². The summed E-state index contributed by atoms with van der Waals surface area (Å²) in [7, 11) is 0. The predicted molar refractivity (Wildman–Crippen MR) is 84.8 cm³/mol. The predicted octanol–water partition coefficient (Wildman–Crippen LogP) is 4.26. The van der Waals surface area contributed by atoms with Crippen LogP contribution in [0.3, 0.4) is 0 Å². The average Bonchev–Trinajstić information content (AvgIpc) is 2.52. The molecule has 1 aliphatic carbocycles. The lowest BCUT2D eigenvalue weighted by Crippen LogP contribution is -2.16. The maximum Gasteiger partial charge on any atom is 0.135 e. The van der Waals surface area contributed by atoms with Gasteiger partial charge in [-0.1, -0.05) is 46.5 Å². The summed E-state index contributed by atoms with van der Waals surface area (Å²) in [5.74, 6) is 0.868. The fraction of sp³-hybridized carbons (Fsp3) is 0.786. The van der Waals surface area contributed by atoms with Crippen molar-refractivity contribution in [2.45, 2.75) is 70.8 Å². The van der Waals surface area contributed by atoms with Gasteiger partial charge in [0.25, 0.3) is 0 Å². The van der Waals surface area contributed by atoms with Crippen LogP contribution in [0.4, 0.5) is 5.82 Å². The summed E-state index contributed by atoms with van der Waals surface area (Å²) in [6.45, 7) is 6.61. The second kappa shape index (κ2) is 5.39. The monoisotopic (exact) mass is 361 g/mol. The van der Waals surface area contributed by atoms with Crippen molar-refractivity contribution in [3.63, 3.8) is 0 Å². The summed E-state index contributed by atoms with van der Waals surface area (Å²) < 4.78 is 3.25. The summed E-state index contributed by atoms with van der Waals surface area (Å²) in [6.07, 6.45) is 7.80. The molecule has 0 radical (unpaired) electrons. The van der Waals surface area contributed by atoms with Gasteiger partial charge in [0, 0.05) is 5.41 Å². The summed E-state index contributed by atoms with van der Waals surface area (Å²) in [5, 5.41) is 4.83. The van der Waals surface area contributed by atoms with E-state index in [1.807, 2.05) is 0 Å². The Balaban J connectivity index is 2.33. The highest BCUT2D eigenvalue weighted by atomic mass is 127. The van der Waals surface area contributed by atoms with Gasteiger partial charge in [-0.15, -0.1) is 0 Å². The minimum Gasteiger partial charge on any atom is -0.383 e. The Morgan fingerprint density at radius 3 is 2.17 bits per heavy atom. The van der Waals surface area contributed by atoms with Gasteiger partial charge in [0.05, 0.1) is 15.3 Å². The molecule has 1 aromatic rings. The number of halogens is 1. The Bertz CT molecular complexity index is 409. The average molecular weight is 361 g/mol. The second-order valence-electron chi connectivity index (χ2n) is 6.39. The zero-order valence-electron chi connectivity index (χ0n) is 11.7. The second-order valence-corrected chi connectivity index (χ2v) is 7.47. The van der Waals surface area contributed by atoms with Crippen LogP contribution in [0.5, 0.6) is 0 Å². The number of nitrogens with zero attached hydrogens (tertiary/aromatic N) is 2. The third-order valence-electron chi connectivity index (χ3n) is 3.77. The highest BCUT2D eigenvalue weighted by Gasteiger charge is 2.27. The van der Waals surface area contributed by atoms with Crippen LogP contribution in [0.2, 0.25) is 0 Å². The molecule has 0 aromatic carbocycles. The largest absolute Gasteiger partial charge is 0.383 e. The van der Waals surface area contributed by atoms with E-state index in [0.29, 0.717) is 6.04 Å². The molecule has 1 aliphatic rings. The van der Waals surface area contributed by atoms with E-state index >= 15 is 0 Å². The standard InChI is InChI=1S/C14H24IN3/c1-14(2,3)12-11(15)13(16)18(17-12)10-8-6-4-5-7-9-10/h10H,4-9,16H2,1-3H3. The van der Waals surface area contributed by atoms with Crippen LogP contribution in [-0.4, -0.2) is 9.78 Å². The Kier molecular flexibility index (Phi) is 4.24. The van der Waals surface area contributed by atoms with Crippen LogP contribution in [-0.2, 0) is 5.41 Å². The van der Waals surface area contributed by atoms with Crippen LogP contribution in [0, 0.1) is 3.57 Å². The first-order chi connectivity index (χ1) is 8.41. The molecular formula is C14H24IN3. The molecule has 1 saturated carbocycles. The molecule has 0 amide bonds. The van der Waals surface area contributed by atoms with Gasteiger partial charge in [-0.05, 0) is 35.4 Å². The number of aromatic nitrogens is 2. The lowest BCUT2D eigenvalue weighted by molar-refractivity contribution is 0.401. The first-order valence-corrected chi connectivity index (χ1v) is 8.03. The molecular weight excluding hydrogens is 337 g/mol. The van der Waals surface area contributed by atoms with E-state index in [-0.39, 0.29) is 5.41 Å². The fourth-order valence-electron chi connectivity index (χ4n) is 2.69. The molecule has 0 bridgehead atoms. The van der Waals surface area contributed by atoms with Crippen molar-refractivity contribution in [1.82, 2.24) is 9.78 Å². The lowest BCUT2D eigenvalue weighted by atomic mass is 9.92. The zero-order chi connectivity index (χ0) is 13.3. The van der Waals surface area contributed by atoms with Crippen LogP contribution in [0.1, 0.15) is 71.0 Å². The molecule has 2 N–H and O–H groups in total. The first kappa shape index (κ1) is 14.2. The van der Waals surface area contributed by atoms with Gasteiger partial charge in [-0.3, -0.25) is 0 Å². The molecule has 4 heteroatoms. The Labute approximate surface area is 124 Å². The number of hydrogen-bond donors (Lipinski definition) is 1. The first-order valence-electron chi connectivity index (χ1n) is 6.95. The van der Waals surface area contributed by atoms with Crippen LogP contribution in [0.15, 0.2) is 0 Å². The van der Waals surface area contributed by atoms with Gasteiger partial charge >= 0.3 is 0 Å². The van der Waals surface area contributed by atoms with Gasteiger partial charge < -0.3 is 5.73 Å². The van der Waals surface area contributed by atoms with Crippen molar-refractivity contribution in [3.05, 3.63) is 9.26 Å². The highest BCUT2D eigenvalue weighted by Crippen LogP contribution is 2.35. The highest BCUT2D eigenvalue weighted by molar-refractivity contribution is 14.1. The molecule has 18 heavy (non-hydrogen) atoms. The SMILES string of the molecule is CC(C)(C)c1nn(C2CCCCCC2)c(N)c1I. The van der Waals surface area contributed by atoms with E-state index < -0.39 is 0 Å². The van der Waals surface area contributed by atoms with Crippen molar-refractivity contribution in [2.75, 3.05) is 5.73 Å². The lowest BCUT2D eigenvalue weighted by Gasteiger charge is -2.17. The number of rotatable bonds is 1. The fourth-order valence-corrected chi connectivity index (χ4v) is 3.85. The molecule has 0 aliphatic heterocycles. The third kappa shape index (κ3) is 2.83. The molecule has 3 nitrogen and oxygen atoms in total. The molecule has 0 atom stereocenters. The van der Waals surface area contributed by atoms with Crippen molar-refractivity contribution < 1.29 is 0 Å². The van der Waals surface area contributed by atoms with Crippen LogP contribution in [0.25, 0.3) is 0 Å². The van der Waals surface area contributed by atoms with E-state index in [1.54, 1.807) is 0 Å². The Morgan fingerprint density at radius 1 is 1.17 bits per heavy atom. The van der Waals surface area contributed by atoms with Crippen LogP contribution < -0.4 is 5.73 Å². The van der Waals surface area contributed by atoms with Crippen molar-refractivity contribution >= 4 is 28.4 Å². The number of hydrogen-bond acceptors (Lipinski definition) is 2. The summed E-state index contributed by atoms with van der Waals surface area (Å²) in [5.41, 5.74) is 7.49. The molecule has 102 valence electrons. The Morgan fingerprint density at radius 2 is 1.72 bits per heavy atom. The normalized spacial score (nSPS) is 18.9. The summed E-state index contributed by atoms with van der Waals surface area (Å²) in [6, 6.07) is 0.511. The maximum atomic E-state index is 6.27. The van der Waals surface area contributed by atoms with Gasteiger partial charge in [-0.2, -0.15) is 5.10 Å². The van der Waals surface area contributed by atoms with E-state index in [2.05, 4.69) is 48.0 Å². The van der Waals surface area contributed by atoms with E-state index in [1.165, 1.54) is 38.5 Å². The summed E-state index contributed by atoms with van der Waals surface area (Å²) in [4.78, 5) is 0. The molecule has 0 saturated heterocycles. The minimum atomic E-state index is 0.0701. The van der Waals surface area contributed by atoms with Crippen molar-refractivity contribution in [1.29, 1.82) is 0 Å². The van der Waals surface area contributed by atoms with Crippen LogP contribution >= 0.6 is 22.6 Å². The van der Waals surface area contributed by atoms with Crippen molar-refractivity contribution in [2.24, 2.45) is 0 Å². The van der Waals surface area contributed by atoms with Gasteiger partial charge in [-0.25, -0.2) is 4.68 Å². The molecule has 1 aromatic heterocycles. The van der Waals surface area contributed by atoms with E-state index in [9.17, 15) is 0 Å². The quantitative estimate of drug-likeness (QED) is 0.600. The van der Waals surface area contributed by atoms with E-state index in [0.717, 1.165) is 15.1 Å². The topological polar surface area (TPSA) is 43.8 Å². The smallest absolute Gasteiger partial charge is 0.135 e. The Hall–Kier alpha value is -0.260. The molecule has 2 rings (SSSR count). The molecule has 1 fully saturated rings. The summed E-state index contributed by atoms with van der Waals surface area (Å²) >= 11 is 2.35. The number of nitrogen functional groups attached to an aromatic ring is 1. The van der Waals surface area contributed by atoms with Crippen molar-refractivity contribution in [3.8, 4) is 0 Å². The van der Waals surface area contributed by atoms with E-state index in [4.69, 9.17) is 10.8 Å². The molecule has 1 heterocycles. The molecule has 0 unspecified atom stereocenters. The minimum absolute atomic E-state index is 0.0701. The third-order valence-corrected chi connectivity index (χ3v) is 4.83. The number of anilines is 1. The zero-order valence-corrected chi connectivity index (χ0v) is 13.8. The van der Waals surface area contributed by atoms with Gasteiger partial charge in [0.2, 0.25) is 0 Å². The number of nitrogens with two attached hydrogens (primary N) is 1.